The number of aromatic nitrogens is 1. The Hall–Kier alpha value is -1.85. The van der Waals surface area contributed by atoms with Crippen molar-refractivity contribution < 1.29 is 9.26 Å². The second-order valence-corrected chi connectivity index (χ2v) is 5.39. The Morgan fingerprint density at radius 1 is 1.38 bits per heavy atom. The quantitative estimate of drug-likeness (QED) is 0.933. The molecule has 112 valence electrons. The van der Waals surface area contributed by atoms with Crippen LogP contribution in [0, 0.1) is 6.92 Å². The van der Waals surface area contributed by atoms with Gasteiger partial charge < -0.3 is 14.6 Å². The molecule has 1 atom stereocenters. The largest absolute Gasteiger partial charge is 0.497 e. The van der Waals surface area contributed by atoms with Crippen molar-refractivity contribution in [2.75, 3.05) is 26.7 Å². The van der Waals surface area contributed by atoms with Crippen molar-refractivity contribution in [3.63, 3.8) is 0 Å². The summed E-state index contributed by atoms with van der Waals surface area (Å²) in [6.45, 7) is 5.69. The van der Waals surface area contributed by atoms with Gasteiger partial charge in [0.05, 0.1) is 12.8 Å². The molecule has 0 spiro atoms. The van der Waals surface area contributed by atoms with Gasteiger partial charge in [-0.2, -0.15) is 0 Å². The van der Waals surface area contributed by atoms with Crippen molar-refractivity contribution in [2.45, 2.75) is 19.5 Å². The molecular formula is C16H21N3O2. The first-order chi connectivity index (χ1) is 10.3. The number of ether oxygens (including phenoxy) is 1. The van der Waals surface area contributed by atoms with Gasteiger partial charge in [-0.1, -0.05) is 17.3 Å². The molecule has 2 aromatic rings. The molecular weight excluding hydrogens is 266 g/mol. The Balaban J connectivity index is 1.76. The first-order valence-corrected chi connectivity index (χ1v) is 7.27. The van der Waals surface area contributed by atoms with E-state index in [4.69, 9.17) is 9.26 Å². The highest BCUT2D eigenvalue weighted by molar-refractivity contribution is 5.29. The lowest BCUT2D eigenvalue weighted by Crippen LogP contribution is -2.45. The summed E-state index contributed by atoms with van der Waals surface area (Å²) in [5.74, 6) is 1.75. The van der Waals surface area contributed by atoms with E-state index >= 15 is 0 Å². The predicted molar refractivity (Wildman–Crippen MR) is 80.3 cm³/mol. The molecule has 5 heteroatoms. The zero-order chi connectivity index (χ0) is 14.7. The molecule has 3 rings (SSSR count). The molecule has 1 aromatic heterocycles. The number of nitrogens with one attached hydrogen (secondary N) is 1. The van der Waals surface area contributed by atoms with E-state index in [-0.39, 0.29) is 0 Å². The third kappa shape index (κ3) is 3.25. The van der Waals surface area contributed by atoms with Crippen LogP contribution in [0.25, 0.3) is 0 Å². The standard InChI is InChI=1S/C16H21N3O2/c1-12-9-14(18-21-12)11-19-8-7-17-10-16(19)13-3-5-15(20-2)6-4-13/h3-6,9,16-17H,7-8,10-11H2,1-2H3/t16-/m1/s1. The minimum atomic E-state index is 0.349. The lowest BCUT2D eigenvalue weighted by atomic mass is 10.0. The zero-order valence-corrected chi connectivity index (χ0v) is 12.5. The lowest BCUT2D eigenvalue weighted by Gasteiger charge is -2.36. The Labute approximate surface area is 124 Å². The van der Waals surface area contributed by atoms with Crippen molar-refractivity contribution in [1.82, 2.24) is 15.4 Å². The molecule has 1 N–H and O–H groups in total. The summed E-state index contributed by atoms with van der Waals surface area (Å²) in [7, 11) is 1.69. The maximum absolute atomic E-state index is 5.23. The van der Waals surface area contributed by atoms with Gasteiger partial charge in [-0.25, -0.2) is 0 Å². The topological polar surface area (TPSA) is 50.5 Å². The molecule has 1 fully saturated rings. The average Bonchev–Trinajstić information content (AvgIpc) is 2.93. The van der Waals surface area contributed by atoms with Crippen LogP contribution in [0.5, 0.6) is 5.75 Å². The molecule has 1 aromatic carbocycles. The molecule has 1 aliphatic rings. The van der Waals surface area contributed by atoms with Gasteiger partial charge in [0.2, 0.25) is 0 Å². The fourth-order valence-electron chi connectivity index (χ4n) is 2.79. The summed E-state index contributed by atoms with van der Waals surface area (Å²) in [5.41, 5.74) is 2.29. The van der Waals surface area contributed by atoms with Crippen molar-refractivity contribution >= 4 is 0 Å². The van der Waals surface area contributed by atoms with Crippen LogP contribution in [0.4, 0.5) is 0 Å². The van der Waals surface area contributed by atoms with Gasteiger partial charge in [0.25, 0.3) is 0 Å². The third-order valence-corrected chi connectivity index (χ3v) is 3.90. The van der Waals surface area contributed by atoms with E-state index in [9.17, 15) is 0 Å². The van der Waals surface area contributed by atoms with E-state index < -0.39 is 0 Å². The van der Waals surface area contributed by atoms with E-state index in [0.29, 0.717) is 6.04 Å². The highest BCUT2D eigenvalue weighted by atomic mass is 16.5. The number of piperazine rings is 1. The number of hydrogen-bond donors (Lipinski definition) is 1. The maximum atomic E-state index is 5.23. The molecule has 1 saturated heterocycles. The highest BCUT2D eigenvalue weighted by Gasteiger charge is 2.24. The van der Waals surface area contributed by atoms with Crippen molar-refractivity contribution in [2.24, 2.45) is 0 Å². The highest BCUT2D eigenvalue weighted by Crippen LogP contribution is 2.25. The van der Waals surface area contributed by atoms with Gasteiger partial charge in [-0.3, -0.25) is 4.90 Å². The number of aryl methyl sites for hydroxylation is 1. The molecule has 1 aliphatic heterocycles. The fourth-order valence-corrected chi connectivity index (χ4v) is 2.79. The summed E-state index contributed by atoms with van der Waals surface area (Å²) in [5, 5.41) is 7.57. The number of rotatable bonds is 4. The lowest BCUT2D eigenvalue weighted by molar-refractivity contribution is 0.150. The molecule has 0 unspecified atom stereocenters. The van der Waals surface area contributed by atoms with Crippen LogP contribution in [0.2, 0.25) is 0 Å². The maximum Gasteiger partial charge on any atom is 0.133 e. The zero-order valence-electron chi connectivity index (χ0n) is 12.5. The molecule has 2 heterocycles. The Morgan fingerprint density at radius 3 is 2.86 bits per heavy atom. The van der Waals surface area contributed by atoms with E-state index in [1.807, 2.05) is 25.1 Å². The molecule has 21 heavy (non-hydrogen) atoms. The minimum Gasteiger partial charge on any atom is -0.497 e. The van der Waals surface area contributed by atoms with Gasteiger partial charge in [-0.05, 0) is 24.6 Å². The number of nitrogens with zero attached hydrogens (tertiary/aromatic N) is 2. The predicted octanol–water partition coefficient (Wildman–Crippen LogP) is 2.14. The van der Waals surface area contributed by atoms with E-state index in [2.05, 4.69) is 27.5 Å². The molecule has 0 saturated carbocycles. The second kappa shape index (κ2) is 6.28. The van der Waals surface area contributed by atoms with Crippen LogP contribution < -0.4 is 10.1 Å². The van der Waals surface area contributed by atoms with Crippen LogP contribution in [0.1, 0.15) is 23.1 Å². The summed E-state index contributed by atoms with van der Waals surface area (Å²) in [6, 6.07) is 10.7. The monoisotopic (exact) mass is 287 g/mol. The Morgan fingerprint density at radius 2 is 2.19 bits per heavy atom. The summed E-state index contributed by atoms with van der Waals surface area (Å²) in [6.07, 6.45) is 0. The minimum absolute atomic E-state index is 0.349. The van der Waals surface area contributed by atoms with Crippen LogP contribution in [-0.2, 0) is 6.54 Å². The first kappa shape index (κ1) is 14.1. The van der Waals surface area contributed by atoms with Gasteiger partial charge in [0.1, 0.15) is 11.5 Å². The van der Waals surface area contributed by atoms with Crippen LogP contribution in [0.3, 0.4) is 0 Å². The average molecular weight is 287 g/mol. The van der Waals surface area contributed by atoms with Crippen LogP contribution in [-0.4, -0.2) is 36.8 Å². The molecule has 5 nitrogen and oxygen atoms in total. The van der Waals surface area contributed by atoms with E-state index in [0.717, 1.165) is 43.4 Å². The first-order valence-electron chi connectivity index (χ1n) is 7.27. The normalized spacial score (nSPS) is 19.6. The number of methoxy groups -OCH3 is 1. The molecule has 0 radical (unpaired) electrons. The van der Waals surface area contributed by atoms with Crippen LogP contribution in [0.15, 0.2) is 34.9 Å². The Kier molecular flexibility index (Phi) is 4.22. The SMILES string of the molecule is COc1ccc([C@H]2CNCCN2Cc2cc(C)on2)cc1. The smallest absolute Gasteiger partial charge is 0.133 e. The second-order valence-electron chi connectivity index (χ2n) is 5.39. The van der Waals surface area contributed by atoms with Crippen LogP contribution >= 0.6 is 0 Å². The summed E-state index contributed by atoms with van der Waals surface area (Å²) >= 11 is 0. The van der Waals surface area contributed by atoms with Crippen molar-refractivity contribution in [1.29, 1.82) is 0 Å². The summed E-state index contributed by atoms with van der Waals surface area (Å²) in [4.78, 5) is 2.44. The molecule has 0 amide bonds. The van der Waals surface area contributed by atoms with E-state index in [1.54, 1.807) is 7.11 Å². The molecule has 0 bridgehead atoms. The van der Waals surface area contributed by atoms with E-state index in [1.165, 1.54) is 5.56 Å². The third-order valence-electron chi connectivity index (χ3n) is 3.90. The van der Waals surface area contributed by atoms with Gasteiger partial charge >= 0.3 is 0 Å². The van der Waals surface area contributed by atoms with Crippen molar-refractivity contribution in [3.8, 4) is 5.75 Å². The van der Waals surface area contributed by atoms with Gasteiger partial charge in [0.15, 0.2) is 0 Å². The summed E-state index contributed by atoms with van der Waals surface area (Å²) < 4.78 is 10.4. The number of benzene rings is 1. The molecule has 0 aliphatic carbocycles. The Bertz CT molecular complexity index is 579. The number of hydrogen-bond acceptors (Lipinski definition) is 5. The van der Waals surface area contributed by atoms with Gasteiger partial charge in [0, 0.05) is 38.3 Å². The fraction of sp³-hybridized carbons (Fsp3) is 0.438. The van der Waals surface area contributed by atoms with Gasteiger partial charge in [-0.15, -0.1) is 0 Å². The van der Waals surface area contributed by atoms with Crippen molar-refractivity contribution in [3.05, 3.63) is 47.3 Å².